The smallest absolute Gasteiger partial charge is 0.247 e. The number of fused-ring (bicyclic) bond motifs is 1. The first-order valence-electron chi connectivity index (χ1n) is 10.2. The van der Waals surface area contributed by atoms with Crippen molar-refractivity contribution in [3.8, 4) is 0 Å². The second-order valence-corrected chi connectivity index (χ2v) is 8.62. The number of thiazole rings is 1. The van der Waals surface area contributed by atoms with E-state index in [9.17, 15) is 9.59 Å². The number of aromatic nitrogens is 1. The number of methoxy groups -OCH3 is 1. The lowest BCUT2D eigenvalue weighted by Crippen LogP contribution is -2.56. The van der Waals surface area contributed by atoms with E-state index in [4.69, 9.17) is 4.74 Å². The van der Waals surface area contributed by atoms with Crippen LogP contribution in [0.4, 0.5) is 10.8 Å². The molecule has 4 rings (SSSR count). The number of likely N-dealkylation sites (tertiary alicyclic amines) is 1. The van der Waals surface area contributed by atoms with Gasteiger partial charge < -0.3 is 15.0 Å². The average Bonchev–Trinajstić information content (AvgIpc) is 3.31. The highest BCUT2D eigenvalue weighted by Gasteiger charge is 2.50. The number of amides is 2. The molecule has 2 aliphatic rings. The molecule has 2 aromatic rings. The lowest BCUT2D eigenvalue weighted by molar-refractivity contribution is -0.126. The third-order valence-electron chi connectivity index (χ3n) is 5.62. The molecule has 30 heavy (non-hydrogen) atoms. The predicted octanol–water partition coefficient (Wildman–Crippen LogP) is 1.89. The monoisotopic (exact) mass is 429 g/mol. The van der Waals surface area contributed by atoms with Crippen LogP contribution in [0, 0.1) is 18.8 Å². The Morgan fingerprint density at radius 3 is 2.83 bits per heavy atom. The van der Waals surface area contributed by atoms with E-state index < -0.39 is 0 Å². The number of aryl methyl sites for hydroxylation is 1. The topological polar surface area (TPSA) is 86.8 Å². The van der Waals surface area contributed by atoms with Gasteiger partial charge in [-0.25, -0.2) is 15.4 Å². The van der Waals surface area contributed by atoms with E-state index in [1.54, 1.807) is 12.1 Å². The SMILES string of the molecule is COCCCN1CC(C(=O)Nc2nc(C)cs2)C2NN(c3ccccc3)C(=O)C2C1. The first-order chi connectivity index (χ1) is 14.6. The minimum atomic E-state index is -0.367. The number of benzene rings is 1. The second-order valence-electron chi connectivity index (χ2n) is 7.77. The fourth-order valence-electron chi connectivity index (χ4n) is 4.18. The maximum atomic E-state index is 13.2. The number of carbonyl (C=O) groups excluding carboxylic acids is 2. The van der Waals surface area contributed by atoms with E-state index in [1.807, 2.05) is 42.6 Å². The molecular formula is C21H27N5O3S. The summed E-state index contributed by atoms with van der Waals surface area (Å²) in [5.41, 5.74) is 4.99. The van der Waals surface area contributed by atoms with Crippen LogP contribution in [0.15, 0.2) is 35.7 Å². The first-order valence-corrected chi connectivity index (χ1v) is 11.0. The zero-order valence-corrected chi connectivity index (χ0v) is 18.0. The minimum absolute atomic E-state index is 0.00512. The third-order valence-corrected chi connectivity index (χ3v) is 6.49. The zero-order chi connectivity index (χ0) is 21.1. The highest BCUT2D eigenvalue weighted by Crippen LogP contribution is 2.32. The van der Waals surface area contributed by atoms with Gasteiger partial charge in [-0.2, -0.15) is 0 Å². The standard InChI is InChI=1S/C21H27N5O3S/c1-14-13-30-21(22-14)23-19(27)16-11-25(9-6-10-29-2)12-17-18(16)24-26(20(17)28)15-7-4-3-5-8-15/h3-5,7-8,13,16-18,24H,6,9-12H2,1-2H3,(H,22,23,27). The number of ether oxygens (including phenoxy) is 1. The number of rotatable bonds is 7. The third kappa shape index (κ3) is 4.39. The summed E-state index contributed by atoms with van der Waals surface area (Å²) in [7, 11) is 1.68. The lowest BCUT2D eigenvalue weighted by Gasteiger charge is -2.38. The van der Waals surface area contributed by atoms with Crippen LogP contribution in [-0.2, 0) is 14.3 Å². The molecule has 9 heteroatoms. The van der Waals surface area contributed by atoms with Crippen LogP contribution in [0.3, 0.4) is 0 Å². The Bertz CT molecular complexity index is 890. The van der Waals surface area contributed by atoms with Gasteiger partial charge in [-0.3, -0.25) is 9.59 Å². The summed E-state index contributed by atoms with van der Waals surface area (Å²) in [5, 5.41) is 7.05. The maximum absolute atomic E-state index is 13.2. The van der Waals surface area contributed by atoms with Crippen LogP contribution in [0.25, 0.3) is 0 Å². The van der Waals surface area contributed by atoms with Gasteiger partial charge in [-0.05, 0) is 25.5 Å². The van der Waals surface area contributed by atoms with Gasteiger partial charge in [0.25, 0.3) is 0 Å². The van der Waals surface area contributed by atoms with Crippen LogP contribution < -0.4 is 15.8 Å². The van der Waals surface area contributed by atoms with Crippen molar-refractivity contribution < 1.29 is 14.3 Å². The maximum Gasteiger partial charge on any atom is 0.247 e. The number of nitrogens with one attached hydrogen (secondary N) is 2. The van der Waals surface area contributed by atoms with Crippen LogP contribution in [0.1, 0.15) is 12.1 Å². The lowest BCUT2D eigenvalue weighted by atomic mass is 9.84. The number of piperidine rings is 1. The molecule has 3 atom stereocenters. The molecule has 1 aromatic carbocycles. The molecule has 2 amide bonds. The molecule has 0 aliphatic carbocycles. The van der Waals surface area contributed by atoms with Gasteiger partial charge in [-0.1, -0.05) is 18.2 Å². The Morgan fingerprint density at radius 1 is 1.33 bits per heavy atom. The van der Waals surface area contributed by atoms with Crippen molar-refractivity contribution in [1.29, 1.82) is 0 Å². The summed E-state index contributed by atoms with van der Waals surface area (Å²) >= 11 is 1.41. The molecule has 0 bridgehead atoms. The van der Waals surface area contributed by atoms with Crippen molar-refractivity contribution in [2.75, 3.05) is 43.7 Å². The normalized spacial score (nSPS) is 24.1. The van der Waals surface area contributed by atoms with Crippen molar-refractivity contribution in [3.05, 3.63) is 41.4 Å². The molecule has 8 nitrogen and oxygen atoms in total. The van der Waals surface area contributed by atoms with Crippen molar-refractivity contribution >= 4 is 34.0 Å². The van der Waals surface area contributed by atoms with E-state index >= 15 is 0 Å². The summed E-state index contributed by atoms with van der Waals surface area (Å²) in [5.74, 6) is -0.750. The number of carbonyl (C=O) groups is 2. The summed E-state index contributed by atoms with van der Waals surface area (Å²) in [6, 6.07) is 9.26. The molecule has 0 spiro atoms. The van der Waals surface area contributed by atoms with E-state index in [1.165, 1.54) is 11.3 Å². The van der Waals surface area contributed by atoms with Gasteiger partial charge in [-0.15, -0.1) is 11.3 Å². The fourth-order valence-corrected chi connectivity index (χ4v) is 4.87. The van der Waals surface area contributed by atoms with Crippen LogP contribution in [0.2, 0.25) is 0 Å². The predicted molar refractivity (Wildman–Crippen MR) is 116 cm³/mol. The Balaban J connectivity index is 1.55. The number of anilines is 2. The van der Waals surface area contributed by atoms with Gasteiger partial charge in [0.2, 0.25) is 11.8 Å². The summed E-state index contributed by atoms with van der Waals surface area (Å²) in [6.45, 7) is 4.56. The molecule has 2 fully saturated rings. The fraction of sp³-hybridized carbons (Fsp3) is 0.476. The van der Waals surface area contributed by atoms with Crippen molar-refractivity contribution in [2.24, 2.45) is 11.8 Å². The Labute approximate surface area is 180 Å². The number of hydrazine groups is 1. The highest BCUT2D eigenvalue weighted by molar-refractivity contribution is 7.13. The molecule has 2 aliphatic heterocycles. The molecular weight excluding hydrogens is 402 g/mol. The number of para-hydroxylation sites is 1. The van der Waals surface area contributed by atoms with Crippen molar-refractivity contribution in [1.82, 2.24) is 15.3 Å². The van der Waals surface area contributed by atoms with Crippen LogP contribution in [-0.4, -0.2) is 61.1 Å². The molecule has 0 saturated carbocycles. The number of hydrogen-bond donors (Lipinski definition) is 2. The van der Waals surface area contributed by atoms with Crippen molar-refractivity contribution in [2.45, 2.75) is 19.4 Å². The van der Waals surface area contributed by atoms with Gasteiger partial charge in [0.15, 0.2) is 5.13 Å². The molecule has 3 unspecified atom stereocenters. The largest absolute Gasteiger partial charge is 0.385 e. The molecule has 2 saturated heterocycles. The highest BCUT2D eigenvalue weighted by atomic mass is 32.1. The van der Waals surface area contributed by atoms with Crippen molar-refractivity contribution in [3.63, 3.8) is 0 Å². The van der Waals surface area contributed by atoms with Gasteiger partial charge >= 0.3 is 0 Å². The summed E-state index contributed by atoms with van der Waals surface area (Å²) in [4.78, 5) is 32.9. The molecule has 1 aromatic heterocycles. The quantitative estimate of drug-likeness (QED) is 0.654. The first kappa shape index (κ1) is 20.9. The van der Waals surface area contributed by atoms with Gasteiger partial charge in [0, 0.05) is 38.7 Å². The Morgan fingerprint density at radius 2 is 2.13 bits per heavy atom. The van der Waals surface area contributed by atoms with E-state index in [0.29, 0.717) is 24.8 Å². The minimum Gasteiger partial charge on any atom is -0.385 e. The average molecular weight is 430 g/mol. The van der Waals surface area contributed by atoms with Gasteiger partial charge in [0.05, 0.1) is 29.3 Å². The second kappa shape index (κ2) is 9.22. The summed E-state index contributed by atoms with van der Waals surface area (Å²) < 4.78 is 5.17. The molecule has 3 heterocycles. The Kier molecular flexibility index (Phi) is 6.43. The van der Waals surface area contributed by atoms with Crippen LogP contribution >= 0.6 is 11.3 Å². The molecule has 2 N–H and O–H groups in total. The molecule has 0 radical (unpaired) electrons. The van der Waals surface area contributed by atoms with E-state index in [-0.39, 0.29) is 29.7 Å². The van der Waals surface area contributed by atoms with E-state index in [2.05, 4.69) is 20.6 Å². The van der Waals surface area contributed by atoms with Crippen LogP contribution in [0.5, 0.6) is 0 Å². The number of hydrogen-bond acceptors (Lipinski definition) is 7. The molecule has 160 valence electrons. The Hall–Kier alpha value is -2.33. The zero-order valence-electron chi connectivity index (χ0n) is 17.2. The van der Waals surface area contributed by atoms with Gasteiger partial charge in [0.1, 0.15) is 0 Å². The van der Waals surface area contributed by atoms with E-state index in [0.717, 1.165) is 24.3 Å². The summed E-state index contributed by atoms with van der Waals surface area (Å²) in [6.07, 6.45) is 0.859. The number of nitrogens with zero attached hydrogens (tertiary/aromatic N) is 3.